The molecule has 18 heavy (non-hydrogen) atoms. The van der Waals surface area contributed by atoms with Crippen LogP contribution in [0, 0.1) is 6.92 Å². The standard InChI is InChI=1S/C15H21N3/c1-4-10-18-12(3)17-14(15(18)16)11(2)13-8-6-5-7-9-13/h5-9,11H,4,10,16H2,1-3H3. The minimum absolute atomic E-state index is 0.239. The van der Waals surface area contributed by atoms with Gasteiger partial charge in [0.05, 0.1) is 5.69 Å². The highest BCUT2D eigenvalue weighted by atomic mass is 15.1. The number of nitrogens with two attached hydrogens (primary N) is 1. The lowest BCUT2D eigenvalue weighted by molar-refractivity contribution is 0.665. The summed E-state index contributed by atoms with van der Waals surface area (Å²) in [5.41, 5.74) is 8.48. The molecule has 3 heteroatoms. The van der Waals surface area contributed by atoms with Gasteiger partial charge in [-0.15, -0.1) is 0 Å². The average Bonchev–Trinajstić information content (AvgIpc) is 2.67. The maximum atomic E-state index is 6.23. The molecule has 0 aliphatic heterocycles. The van der Waals surface area contributed by atoms with E-state index in [-0.39, 0.29) is 5.92 Å². The first-order chi connectivity index (χ1) is 8.65. The zero-order valence-corrected chi connectivity index (χ0v) is 11.4. The average molecular weight is 243 g/mol. The Labute approximate surface area is 109 Å². The summed E-state index contributed by atoms with van der Waals surface area (Å²) in [6.45, 7) is 7.27. The molecule has 0 spiro atoms. The van der Waals surface area contributed by atoms with E-state index < -0.39 is 0 Å². The molecule has 0 aliphatic carbocycles. The molecule has 0 amide bonds. The van der Waals surface area contributed by atoms with E-state index in [4.69, 9.17) is 5.73 Å². The number of rotatable bonds is 4. The van der Waals surface area contributed by atoms with Crippen LogP contribution in [0.25, 0.3) is 0 Å². The predicted octanol–water partition coefficient (Wildman–Crippen LogP) is 3.34. The van der Waals surface area contributed by atoms with Crippen molar-refractivity contribution in [2.24, 2.45) is 0 Å². The van der Waals surface area contributed by atoms with Gasteiger partial charge in [-0.1, -0.05) is 44.2 Å². The minimum Gasteiger partial charge on any atom is -0.384 e. The summed E-state index contributed by atoms with van der Waals surface area (Å²) in [6, 6.07) is 10.4. The number of nitrogens with zero attached hydrogens (tertiary/aromatic N) is 2. The molecule has 2 rings (SSSR count). The van der Waals surface area contributed by atoms with Crippen molar-refractivity contribution in [1.29, 1.82) is 0 Å². The molecule has 0 saturated heterocycles. The van der Waals surface area contributed by atoms with Crippen LogP contribution in [0.15, 0.2) is 30.3 Å². The monoisotopic (exact) mass is 243 g/mol. The van der Waals surface area contributed by atoms with Gasteiger partial charge in [-0.25, -0.2) is 4.98 Å². The molecule has 1 heterocycles. The molecule has 0 fully saturated rings. The van der Waals surface area contributed by atoms with Crippen LogP contribution < -0.4 is 5.73 Å². The number of aryl methyl sites for hydroxylation is 1. The van der Waals surface area contributed by atoms with Crippen molar-refractivity contribution in [3.63, 3.8) is 0 Å². The number of hydrogen-bond donors (Lipinski definition) is 1. The predicted molar refractivity (Wildman–Crippen MR) is 75.6 cm³/mol. The number of anilines is 1. The van der Waals surface area contributed by atoms with Crippen LogP contribution in [0.4, 0.5) is 5.82 Å². The van der Waals surface area contributed by atoms with E-state index in [1.807, 2.05) is 13.0 Å². The van der Waals surface area contributed by atoms with Crippen LogP contribution >= 0.6 is 0 Å². The van der Waals surface area contributed by atoms with Gasteiger partial charge in [-0.05, 0) is 18.9 Å². The van der Waals surface area contributed by atoms with Crippen molar-refractivity contribution in [3.05, 3.63) is 47.4 Å². The van der Waals surface area contributed by atoms with Gasteiger partial charge >= 0.3 is 0 Å². The molecule has 0 saturated carbocycles. The molecular formula is C15H21N3. The zero-order chi connectivity index (χ0) is 13.1. The second-order valence-corrected chi connectivity index (χ2v) is 4.71. The number of imidazole rings is 1. The zero-order valence-electron chi connectivity index (χ0n) is 11.4. The van der Waals surface area contributed by atoms with Crippen LogP contribution in [-0.4, -0.2) is 9.55 Å². The second-order valence-electron chi connectivity index (χ2n) is 4.71. The Morgan fingerprint density at radius 1 is 1.28 bits per heavy atom. The topological polar surface area (TPSA) is 43.8 Å². The summed E-state index contributed by atoms with van der Waals surface area (Å²) in [5, 5.41) is 0. The normalized spacial score (nSPS) is 12.6. The second kappa shape index (κ2) is 5.25. The van der Waals surface area contributed by atoms with Crippen molar-refractivity contribution in [1.82, 2.24) is 9.55 Å². The van der Waals surface area contributed by atoms with Crippen molar-refractivity contribution in [3.8, 4) is 0 Å². The molecule has 2 N–H and O–H groups in total. The van der Waals surface area contributed by atoms with Gasteiger partial charge in [-0.3, -0.25) is 0 Å². The largest absolute Gasteiger partial charge is 0.384 e. The highest BCUT2D eigenvalue weighted by Crippen LogP contribution is 2.28. The van der Waals surface area contributed by atoms with E-state index in [1.54, 1.807) is 0 Å². The molecule has 1 aromatic heterocycles. The van der Waals surface area contributed by atoms with Crippen LogP contribution in [0.2, 0.25) is 0 Å². The van der Waals surface area contributed by atoms with Gasteiger partial charge in [0.15, 0.2) is 0 Å². The molecule has 96 valence electrons. The van der Waals surface area contributed by atoms with Gasteiger partial charge in [0.25, 0.3) is 0 Å². The molecule has 2 aromatic rings. The summed E-state index contributed by atoms with van der Waals surface area (Å²) in [5.74, 6) is 2.06. The molecular weight excluding hydrogens is 222 g/mol. The number of hydrogen-bond acceptors (Lipinski definition) is 2. The van der Waals surface area contributed by atoms with Crippen LogP contribution in [0.3, 0.4) is 0 Å². The van der Waals surface area contributed by atoms with Gasteiger partial charge < -0.3 is 10.3 Å². The molecule has 1 unspecified atom stereocenters. The number of nitrogen functional groups attached to an aromatic ring is 1. The molecule has 0 radical (unpaired) electrons. The van der Waals surface area contributed by atoms with E-state index >= 15 is 0 Å². The molecule has 0 aliphatic rings. The Balaban J connectivity index is 2.37. The first-order valence-corrected chi connectivity index (χ1v) is 6.52. The minimum atomic E-state index is 0.239. The van der Waals surface area contributed by atoms with Gasteiger partial charge in [0.2, 0.25) is 0 Å². The Morgan fingerprint density at radius 3 is 2.56 bits per heavy atom. The summed E-state index contributed by atoms with van der Waals surface area (Å²) < 4.78 is 2.11. The van der Waals surface area contributed by atoms with E-state index in [0.717, 1.165) is 30.3 Å². The summed E-state index contributed by atoms with van der Waals surface area (Å²) in [6.07, 6.45) is 1.07. The molecule has 1 aromatic carbocycles. The summed E-state index contributed by atoms with van der Waals surface area (Å²) in [7, 11) is 0. The third-order valence-corrected chi connectivity index (χ3v) is 3.38. The number of benzene rings is 1. The van der Waals surface area contributed by atoms with Crippen molar-refractivity contribution in [2.45, 2.75) is 39.7 Å². The molecule has 0 bridgehead atoms. The Morgan fingerprint density at radius 2 is 1.94 bits per heavy atom. The van der Waals surface area contributed by atoms with Crippen LogP contribution in [-0.2, 0) is 6.54 Å². The highest BCUT2D eigenvalue weighted by molar-refractivity contribution is 5.44. The third kappa shape index (κ3) is 2.26. The lowest BCUT2D eigenvalue weighted by atomic mass is 9.98. The summed E-state index contributed by atoms with van der Waals surface area (Å²) in [4.78, 5) is 4.64. The smallest absolute Gasteiger partial charge is 0.127 e. The Hall–Kier alpha value is -1.77. The number of aromatic nitrogens is 2. The van der Waals surface area contributed by atoms with Crippen molar-refractivity contribution < 1.29 is 0 Å². The first-order valence-electron chi connectivity index (χ1n) is 6.52. The highest BCUT2D eigenvalue weighted by Gasteiger charge is 2.18. The fourth-order valence-corrected chi connectivity index (χ4v) is 2.33. The quantitative estimate of drug-likeness (QED) is 0.895. The van der Waals surface area contributed by atoms with E-state index in [9.17, 15) is 0 Å². The Kier molecular flexibility index (Phi) is 3.70. The maximum Gasteiger partial charge on any atom is 0.127 e. The summed E-state index contributed by atoms with van der Waals surface area (Å²) >= 11 is 0. The van der Waals surface area contributed by atoms with E-state index in [1.165, 1.54) is 5.56 Å². The van der Waals surface area contributed by atoms with Crippen molar-refractivity contribution in [2.75, 3.05) is 5.73 Å². The lowest BCUT2D eigenvalue weighted by Crippen LogP contribution is -2.06. The van der Waals surface area contributed by atoms with E-state index in [2.05, 4.69) is 47.7 Å². The first kappa shape index (κ1) is 12.7. The fraction of sp³-hybridized carbons (Fsp3) is 0.400. The van der Waals surface area contributed by atoms with E-state index in [0.29, 0.717) is 0 Å². The molecule has 1 atom stereocenters. The van der Waals surface area contributed by atoms with Crippen LogP contribution in [0.1, 0.15) is 43.3 Å². The third-order valence-electron chi connectivity index (χ3n) is 3.38. The van der Waals surface area contributed by atoms with Crippen LogP contribution in [0.5, 0.6) is 0 Å². The Bertz CT molecular complexity index is 514. The van der Waals surface area contributed by atoms with Crippen molar-refractivity contribution >= 4 is 5.82 Å². The SMILES string of the molecule is CCCn1c(C)nc(C(C)c2ccccc2)c1N. The van der Waals surface area contributed by atoms with Gasteiger partial charge in [0, 0.05) is 12.5 Å². The molecule has 3 nitrogen and oxygen atoms in total. The fourth-order valence-electron chi connectivity index (χ4n) is 2.33. The maximum absolute atomic E-state index is 6.23. The van der Waals surface area contributed by atoms with Gasteiger partial charge in [-0.2, -0.15) is 0 Å². The lowest BCUT2D eigenvalue weighted by Gasteiger charge is -2.11. The van der Waals surface area contributed by atoms with Gasteiger partial charge in [0.1, 0.15) is 11.6 Å².